The first-order chi connectivity index (χ1) is 12.5. The summed E-state index contributed by atoms with van der Waals surface area (Å²) in [5.41, 5.74) is 2.42. The number of nitrogens with zero attached hydrogens (tertiary/aromatic N) is 2. The number of fused-ring (bicyclic) bond motifs is 1. The van der Waals surface area contributed by atoms with Crippen LogP contribution in [0.4, 0.5) is 0 Å². The molecule has 0 N–H and O–H groups in total. The average Bonchev–Trinajstić information content (AvgIpc) is 3.17. The highest BCUT2D eigenvalue weighted by molar-refractivity contribution is 9.10. The van der Waals surface area contributed by atoms with Gasteiger partial charge in [0.05, 0.1) is 11.1 Å². The molecule has 0 bridgehead atoms. The number of ether oxygens (including phenoxy) is 1. The summed E-state index contributed by atoms with van der Waals surface area (Å²) < 4.78 is 7.67. The highest BCUT2D eigenvalue weighted by Gasteiger charge is 2.25. The molecule has 0 fully saturated rings. The van der Waals surface area contributed by atoms with Crippen LogP contribution in [0.2, 0.25) is 0 Å². The zero-order valence-electron chi connectivity index (χ0n) is 13.8. The molecular formula is C20H13BrN2O3. The normalized spacial score (nSPS) is 15.4. The molecule has 6 heteroatoms. The predicted molar refractivity (Wildman–Crippen MR) is 103 cm³/mol. The molecular weight excluding hydrogens is 396 g/mol. The smallest absolute Gasteiger partial charge is 0.363 e. The first-order valence-corrected chi connectivity index (χ1v) is 8.72. The summed E-state index contributed by atoms with van der Waals surface area (Å²) >= 11 is 3.43. The zero-order chi connectivity index (χ0) is 18.3. The fourth-order valence-electron chi connectivity index (χ4n) is 2.89. The van der Waals surface area contributed by atoms with Gasteiger partial charge in [-0.1, -0.05) is 30.3 Å². The lowest BCUT2D eigenvalue weighted by Gasteiger charge is -2.01. The molecule has 1 aliphatic rings. The molecule has 3 aromatic rings. The van der Waals surface area contributed by atoms with Crippen LogP contribution in [0.1, 0.15) is 22.8 Å². The Morgan fingerprint density at radius 2 is 1.88 bits per heavy atom. The summed E-state index contributed by atoms with van der Waals surface area (Å²) in [5, 5.41) is 0.868. The molecule has 2 aromatic carbocycles. The van der Waals surface area contributed by atoms with Gasteiger partial charge in [0, 0.05) is 28.5 Å². The van der Waals surface area contributed by atoms with Crippen LogP contribution in [0.25, 0.3) is 17.0 Å². The molecule has 5 nitrogen and oxygen atoms in total. The van der Waals surface area contributed by atoms with Gasteiger partial charge in [-0.15, -0.1) is 0 Å². The Bertz CT molecular complexity index is 1130. The number of carbonyl (C=O) groups is 2. The van der Waals surface area contributed by atoms with Crippen molar-refractivity contribution < 1.29 is 14.3 Å². The van der Waals surface area contributed by atoms with Crippen molar-refractivity contribution in [1.82, 2.24) is 4.57 Å². The Morgan fingerprint density at radius 1 is 1.15 bits per heavy atom. The van der Waals surface area contributed by atoms with Crippen molar-refractivity contribution >= 4 is 50.7 Å². The van der Waals surface area contributed by atoms with Crippen LogP contribution in [0.15, 0.2) is 69.9 Å². The molecule has 0 saturated heterocycles. The standard InChI is InChI=1S/C20H13BrN2O3/c1-12(24)23-11-13(14-6-3-5-9-18(14)23)10-17-20(25)26-19(22-17)15-7-2-4-8-16(15)21/h2-11H,1H3. The maximum Gasteiger partial charge on any atom is 0.363 e. The maximum atomic E-state index is 12.3. The van der Waals surface area contributed by atoms with Crippen LogP contribution in [0.5, 0.6) is 0 Å². The van der Waals surface area contributed by atoms with Crippen molar-refractivity contribution in [1.29, 1.82) is 0 Å². The van der Waals surface area contributed by atoms with Crippen LogP contribution in [-0.4, -0.2) is 22.3 Å². The van der Waals surface area contributed by atoms with Crippen molar-refractivity contribution in [3.05, 3.63) is 76.0 Å². The maximum absolute atomic E-state index is 12.3. The number of esters is 1. The van der Waals surface area contributed by atoms with E-state index >= 15 is 0 Å². The first kappa shape index (κ1) is 16.5. The van der Waals surface area contributed by atoms with Crippen molar-refractivity contribution in [2.75, 3.05) is 0 Å². The third-order valence-electron chi connectivity index (χ3n) is 4.10. The Hall–Kier alpha value is -2.99. The summed E-state index contributed by atoms with van der Waals surface area (Å²) in [4.78, 5) is 28.5. The second-order valence-electron chi connectivity index (χ2n) is 5.81. The number of hydrogen-bond acceptors (Lipinski definition) is 4. The Morgan fingerprint density at radius 3 is 2.65 bits per heavy atom. The molecule has 0 unspecified atom stereocenters. The van der Waals surface area contributed by atoms with Gasteiger partial charge in [-0.2, -0.15) is 0 Å². The highest BCUT2D eigenvalue weighted by atomic mass is 79.9. The number of benzene rings is 2. The number of carbonyl (C=O) groups excluding carboxylic acids is 2. The number of para-hydroxylation sites is 1. The number of hydrogen-bond donors (Lipinski definition) is 0. The Balaban J connectivity index is 1.82. The summed E-state index contributed by atoms with van der Waals surface area (Å²) in [6, 6.07) is 14.9. The van der Waals surface area contributed by atoms with Crippen LogP contribution in [0, 0.1) is 0 Å². The summed E-state index contributed by atoms with van der Waals surface area (Å²) in [6.07, 6.45) is 3.35. The minimum absolute atomic E-state index is 0.0998. The lowest BCUT2D eigenvalue weighted by Crippen LogP contribution is -2.05. The third kappa shape index (κ3) is 2.78. The van der Waals surface area contributed by atoms with Gasteiger partial charge in [0.15, 0.2) is 5.70 Å². The first-order valence-electron chi connectivity index (χ1n) is 7.93. The van der Waals surface area contributed by atoms with Gasteiger partial charge in [0.25, 0.3) is 0 Å². The van der Waals surface area contributed by atoms with E-state index in [1.165, 1.54) is 6.92 Å². The molecule has 26 heavy (non-hydrogen) atoms. The van der Waals surface area contributed by atoms with Gasteiger partial charge in [-0.05, 0) is 40.2 Å². The number of aliphatic imine (C=N–C) groups is 1. The molecule has 0 saturated carbocycles. The van der Waals surface area contributed by atoms with E-state index in [2.05, 4.69) is 20.9 Å². The summed E-state index contributed by atoms with van der Waals surface area (Å²) in [7, 11) is 0. The van der Waals surface area contributed by atoms with E-state index in [-0.39, 0.29) is 17.5 Å². The van der Waals surface area contributed by atoms with Gasteiger partial charge in [0.2, 0.25) is 11.8 Å². The van der Waals surface area contributed by atoms with Gasteiger partial charge >= 0.3 is 5.97 Å². The molecule has 2 heterocycles. The van der Waals surface area contributed by atoms with E-state index in [1.807, 2.05) is 48.5 Å². The molecule has 0 aliphatic carbocycles. The highest BCUT2D eigenvalue weighted by Crippen LogP contribution is 2.27. The minimum atomic E-state index is -0.518. The van der Waals surface area contributed by atoms with Crippen molar-refractivity contribution in [2.45, 2.75) is 6.92 Å². The molecule has 0 radical (unpaired) electrons. The lowest BCUT2D eigenvalue weighted by molar-refractivity contribution is -0.129. The van der Waals surface area contributed by atoms with Crippen LogP contribution in [0.3, 0.4) is 0 Å². The molecule has 128 valence electrons. The second kappa shape index (κ2) is 6.38. The van der Waals surface area contributed by atoms with E-state index in [0.29, 0.717) is 5.56 Å². The lowest BCUT2D eigenvalue weighted by atomic mass is 10.1. The monoisotopic (exact) mass is 408 g/mol. The van der Waals surface area contributed by atoms with Crippen molar-refractivity contribution in [3.8, 4) is 0 Å². The number of aromatic nitrogens is 1. The van der Waals surface area contributed by atoms with E-state index in [9.17, 15) is 9.59 Å². The van der Waals surface area contributed by atoms with Gasteiger partial charge in [0.1, 0.15) is 0 Å². The van der Waals surface area contributed by atoms with Gasteiger partial charge < -0.3 is 4.74 Å². The Kier molecular flexibility index (Phi) is 4.05. The van der Waals surface area contributed by atoms with E-state index in [0.717, 1.165) is 20.9 Å². The largest absolute Gasteiger partial charge is 0.402 e. The molecule has 4 rings (SSSR count). The Labute approximate surface area is 157 Å². The quantitative estimate of drug-likeness (QED) is 0.466. The molecule has 0 atom stereocenters. The van der Waals surface area contributed by atoms with E-state index in [1.54, 1.807) is 16.8 Å². The zero-order valence-corrected chi connectivity index (χ0v) is 15.4. The van der Waals surface area contributed by atoms with Crippen LogP contribution >= 0.6 is 15.9 Å². The summed E-state index contributed by atoms with van der Waals surface area (Å²) in [6.45, 7) is 1.50. The van der Waals surface area contributed by atoms with Crippen LogP contribution < -0.4 is 0 Å². The fourth-order valence-corrected chi connectivity index (χ4v) is 3.34. The number of halogens is 1. The van der Waals surface area contributed by atoms with Crippen molar-refractivity contribution in [3.63, 3.8) is 0 Å². The van der Waals surface area contributed by atoms with Gasteiger partial charge in [-0.3, -0.25) is 9.36 Å². The summed E-state index contributed by atoms with van der Waals surface area (Å²) in [5.74, 6) is -0.364. The molecule has 1 aromatic heterocycles. The number of cyclic esters (lactones) is 1. The topological polar surface area (TPSA) is 60.7 Å². The van der Waals surface area contributed by atoms with Crippen molar-refractivity contribution in [2.24, 2.45) is 4.99 Å². The van der Waals surface area contributed by atoms with E-state index in [4.69, 9.17) is 4.74 Å². The fraction of sp³-hybridized carbons (Fsp3) is 0.0500. The van der Waals surface area contributed by atoms with E-state index < -0.39 is 5.97 Å². The molecule has 0 spiro atoms. The molecule has 0 amide bonds. The molecule has 1 aliphatic heterocycles. The van der Waals surface area contributed by atoms with Crippen LogP contribution in [-0.2, 0) is 9.53 Å². The SMILES string of the molecule is CC(=O)n1cc(C=C2N=C(c3ccccc3Br)OC2=O)c2ccccc21. The third-order valence-corrected chi connectivity index (χ3v) is 4.79. The second-order valence-corrected chi connectivity index (χ2v) is 6.66. The van der Waals surface area contributed by atoms with Gasteiger partial charge in [-0.25, -0.2) is 9.79 Å². The number of rotatable bonds is 2. The average molecular weight is 409 g/mol. The predicted octanol–water partition coefficient (Wildman–Crippen LogP) is 4.41. The minimum Gasteiger partial charge on any atom is -0.402 e.